The van der Waals surface area contributed by atoms with Crippen molar-refractivity contribution >= 4 is 17.9 Å². The Morgan fingerprint density at radius 2 is 0.857 bits per heavy atom. The second kappa shape index (κ2) is 45.8. The number of esters is 2. The molecule has 2 unspecified atom stereocenters. The summed E-state index contributed by atoms with van der Waals surface area (Å²) in [5, 5.41) is 11.7. The van der Waals surface area contributed by atoms with Gasteiger partial charge in [0.1, 0.15) is 13.2 Å². The maximum absolute atomic E-state index is 12.8. The van der Waals surface area contributed by atoms with Crippen LogP contribution in [0.5, 0.6) is 0 Å². The fourth-order valence-corrected chi connectivity index (χ4v) is 7.01. The Morgan fingerprint density at radius 1 is 0.476 bits per heavy atom. The molecule has 0 aromatic heterocycles. The van der Waals surface area contributed by atoms with Gasteiger partial charge in [-0.15, -0.1) is 0 Å². The van der Waals surface area contributed by atoms with Crippen molar-refractivity contribution in [1.29, 1.82) is 0 Å². The van der Waals surface area contributed by atoms with Gasteiger partial charge in [-0.2, -0.15) is 0 Å². The molecule has 366 valence electrons. The van der Waals surface area contributed by atoms with Crippen LogP contribution in [0, 0.1) is 0 Å². The lowest BCUT2D eigenvalue weighted by molar-refractivity contribution is -0.870. The van der Waals surface area contributed by atoms with Crippen molar-refractivity contribution in [2.24, 2.45) is 0 Å². The number of aliphatic carboxylic acids is 1. The van der Waals surface area contributed by atoms with Gasteiger partial charge in [-0.3, -0.25) is 9.59 Å². The van der Waals surface area contributed by atoms with Gasteiger partial charge in [0, 0.05) is 12.8 Å². The highest BCUT2D eigenvalue weighted by Gasteiger charge is 2.22. The number of carbonyl (C=O) groups excluding carboxylic acids is 3. The minimum atomic E-state index is -1.63. The number of carboxylic acid groups (broad SMARTS) is 1. The fraction of sp³-hybridized carbons (Fsp3) is 0.796. The maximum Gasteiger partial charge on any atom is 0.306 e. The Bertz CT molecular complexity index is 1170. The number of carbonyl (C=O) groups is 3. The second-order valence-corrected chi connectivity index (χ2v) is 18.5. The van der Waals surface area contributed by atoms with Crippen LogP contribution in [-0.4, -0.2) is 82.3 Å². The molecule has 0 amide bonds. The van der Waals surface area contributed by atoms with Gasteiger partial charge in [0.05, 0.1) is 40.3 Å². The summed E-state index contributed by atoms with van der Waals surface area (Å²) in [6.45, 7) is 4.71. The molecule has 0 heterocycles. The minimum Gasteiger partial charge on any atom is -0.545 e. The van der Waals surface area contributed by atoms with Gasteiger partial charge in [-0.05, 0) is 77.0 Å². The third kappa shape index (κ3) is 47.0. The summed E-state index contributed by atoms with van der Waals surface area (Å²) >= 11 is 0. The summed E-state index contributed by atoms with van der Waals surface area (Å²) < 4.78 is 22.6. The van der Waals surface area contributed by atoms with Crippen LogP contribution < -0.4 is 5.11 Å². The van der Waals surface area contributed by atoms with Crippen molar-refractivity contribution in [3.8, 4) is 0 Å². The summed E-state index contributed by atoms with van der Waals surface area (Å²) in [6.07, 6.45) is 51.4. The quantitative estimate of drug-likeness (QED) is 0.0195. The van der Waals surface area contributed by atoms with Gasteiger partial charge in [0.25, 0.3) is 0 Å². The monoisotopic (exact) mass is 888 g/mol. The molecule has 0 aliphatic rings. The zero-order valence-corrected chi connectivity index (χ0v) is 41.4. The Kier molecular flexibility index (Phi) is 43.8. The molecule has 0 aliphatic heterocycles. The molecule has 9 nitrogen and oxygen atoms in total. The SMILES string of the molecule is CCCCCCC/C=C\C/C=C\C/C=C\CCCCCCCCC(=O)OC(COC(=O)CCCCCCCCC/C=C\CCCCCCCC)COC(OCC[N+](C)(C)C)C(=O)[O-]. The van der Waals surface area contributed by atoms with E-state index < -0.39 is 24.3 Å². The van der Waals surface area contributed by atoms with E-state index in [-0.39, 0.29) is 38.6 Å². The van der Waals surface area contributed by atoms with Crippen molar-refractivity contribution in [3.05, 3.63) is 48.6 Å². The van der Waals surface area contributed by atoms with Crippen LogP contribution in [0.2, 0.25) is 0 Å². The molecule has 63 heavy (non-hydrogen) atoms. The zero-order chi connectivity index (χ0) is 46.3. The van der Waals surface area contributed by atoms with Crippen LogP contribution in [0.3, 0.4) is 0 Å². The number of hydrogen-bond acceptors (Lipinski definition) is 8. The topological polar surface area (TPSA) is 111 Å². The lowest BCUT2D eigenvalue weighted by Gasteiger charge is -2.26. The highest BCUT2D eigenvalue weighted by atomic mass is 16.7. The van der Waals surface area contributed by atoms with E-state index in [0.29, 0.717) is 17.4 Å². The molecule has 0 radical (unpaired) electrons. The first-order valence-electron chi connectivity index (χ1n) is 25.8. The van der Waals surface area contributed by atoms with E-state index >= 15 is 0 Å². The fourth-order valence-electron chi connectivity index (χ4n) is 7.01. The molecule has 0 aromatic carbocycles. The van der Waals surface area contributed by atoms with Crippen LogP contribution in [0.1, 0.15) is 219 Å². The van der Waals surface area contributed by atoms with E-state index in [4.69, 9.17) is 18.9 Å². The molecule has 0 bridgehead atoms. The van der Waals surface area contributed by atoms with E-state index in [2.05, 4.69) is 62.5 Å². The van der Waals surface area contributed by atoms with E-state index in [1.165, 1.54) is 103 Å². The molecule has 0 rings (SSSR count). The third-order valence-electron chi connectivity index (χ3n) is 11.0. The number of quaternary nitrogens is 1. The van der Waals surface area contributed by atoms with Gasteiger partial charge in [0.15, 0.2) is 12.4 Å². The van der Waals surface area contributed by atoms with Gasteiger partial charge in [0.2, 0.25) is 0 Å². The summed E-state index contributed by atoms with van der Waals surface area (Å²) in [4.78, 5) is 37.1. The first kappa shape index (κ1) is 60.2. The Hall–Kier alpha value is -2.75. The average molecular weight is 888 g/mol. The van der Waals surface area contributed by atoms with Gasteiger partial charge < -0.3 is 33.3 Å². The molecule has 0 aliphatic carbocycles. The van der Waals surface area contributed by atoms with E-state index in [9.17, 15) is 19.5 Å². The van der Waals surface area contributed by atoms with Crippen molar-refractivity contribution in [2.45, 2.75) is 232 Å². The second-order valence-electron chi connectivity index (χ2n) is 18.5. The Balaban J connectivity index is 4.38. The third-order valence-corrected chi connectivity index (χ3v) is 11.0. The molecule has 0 saturated carbocycles. The number of likely N-dealkylation sites (N-methyl/N-ethyl adjacent to an activating group) is 1. The molecule has 0 spiro atoms. The summed E-state index contributed by atoms with van der Waals surface area (Å²) in [5.74, 6) is -2.30. The van der Waals surface area contributed by atoms with E-state index in [0.717, 1.165) is 83.5 Å². The van der Waals surface area contributed by atoms with E-state index in [1.54, 1.807) is 0 Å². The molecule has 0 N–H and O–H groups in total. The number of allylic oxidation sites excluding steroid dienone is 8. The largest absolute Gasteiger partial charge is 0.545 e. The first-order valence-corrected chi connectivity index (χ1v) is 25.8. The van der Waals surface area contributed by atoms with Crippen molar-refractivity contribution < 1.29 is 42.9 Å². The summed E-state index contributed by atoms with van der Waals surface area (Å²) in [5.41, 5.74) is 0. The van der Waals surface area contributed by atoms with Gasteiger partial charge >= 0.3 is 11.9 Å². The van der Waals surface area contributed by atoms with Crippen LogP contribution in [0.4, 0.5) is 0 Å². The predicted molar refractivity (Wildman–Crippen MR) is 260 cm³/mol. The number of unbranched alkanes of at least 4 members (excludes halogenated alkanes) is 24. The lowest BCUT2D eigenvalue weighted by atomic mass is 10.1. The minimum absolute atomic E-state index is 0.143. The maximum atomic E-state index is 12.8. The van der Waals surface area contributed by atoms with Gasteiger partial charge in [-0.25, -0.2) is 0 Å². The molecule has 0 fully saturated rings. The van der Waals surface area contributed by atoms with Crippen molar-refractivity contribution in [3.63, 3.8) is 0 Å². The standard InChI is InChI=1S/C54H97NO8/c1-6-8-10-12-14-16-18-20-22-24-25-26-27-29-31-33-35-37-39-41-43-45-52(57)63-50(49-62-54(53(58)59)60-47-46-55(3,4)5)48-61-51(56)44-42-40-38-36-34-32-30-28-23-21-19-17-15-13-11-9-7-2/h18,20-21,23-25,27,29,50,54H,6-17,19,22,26,28,30-49H2,1-5H3/b20-18-,23-21-,25-24-,29-27-. The summed E-state index contributed by atoms with van der Waals surface area (Å²) in [6, 6.07) is 0. The first-order chi connectivity index (χ1) is 30.6. The van der Waals surface area contributed by atoms with Crippen LogP contribution in [-0.2, 0) is 33.3 Å². The molecular weight excluding hydrogens is 791 g/mol. The van der Waals surface area contributed by atoms with Crippen LogP contribution in [0.15, 0.2) is 48.6 Å². The smallest absolute Gasteiger partial charge is 0.306 e. The van der Waals surface area contributed by atoms with Gasteiger partial charge in [-0.1, -0.05) is 178 Å². The highest BCUT2D eigenvalue weighted by Crippen LogP contribution is 2.14. The number of nitrogens with zero attached hydrogens (tertiary/aromatic N) is 1. The molecular formula is C54H97NO8. The number of hydrogen-bond donors (Lipinski definition) is 0. The van der Waals surface area contributed by atoms with Crippen molar-refractivity contribution in [2.75, 3.05) is 47.5 Å². The molecule has 0 saturated heterocycles. The van der Waals surface area contributed by atoms with Crippen LogP contribution >= 0.6 is 0 Å². The highest BCUT2D eigenvalue weighted by molar-refractivity contribution is 5.70. The zero-order valence-electron chi connectivity index (χ0n) is 41.4. The molecule has 9 heteroatoms. The summed E-state index contributed by atoms with van der Waals surface area (Å²) in [7, 11) is 5.91. The normalized spacial score (nSPS) is 13.2. The average Bonchev–Trinajstić information content (AvgIpc) is 3.24. The Labute approximate surface area is 387 Å². The lowest BCUT2D eigenvalue weighted by Crippen LogP contribution is -2.44. The predicted octanol–water partition coefficient (Wildman–Crippen LogP) is 13.0. The molecule has 2 atom stereocenters. The van der Waals surface area contributed by atoms with Crippen molar-refractivity contribution in [1.82, 2.24) is 0 Å². The molecule has 0 aromatic rings. The number of carboxylic acids is 1. The van der Waals surface area contributed by atoms with Crippen LogP contribution in [0.25, 0.3) is 0 Å². The Morgan fingerprint density at radius 3 is 1.29 bits per heavy atom. The number of ether oxygens (including phenoxy) is 4. The number of rotatable bonds is 47. The van der Waals surface area contributed by atoms with E-state index in [1.807, 2.05) is 21.1 Å².